The molecule has 1 fully saturated rings. The molecule has 0 aromatic rings. The summed E-state index contributed by atoms with van der Waals surface area (Å²) in [5.74, 6) is 0. The lowest BCUT2D eigenvalue weighted by Crippen LogP contribution is -2.42. The Kier molecular flexibility index (Phi) is 4.47. The molecule has 1 amide bonds. The Hall–Kier alpha value is -0.980. The maximum absolute atomic E-state index is 12.5. The topological polar surface area (TPSA) is 32.8 Å². The molecule has 0 spiro atoms. The Labute approximate surface area is 105 Å². The van der Waals surface area contributed by atoms with Crippen LogP contribution in [0.2, 0.25) is 0 Å². The quantitative estimate of drug-likeness (QED) is 0.633. The monoisotopic (exact) mass is 268 g/mol. The second kappa shape index (κ2) is 5.34. The van der Waals surface area contributed by atoms with Crippen molar-refractivity contribution in [1.29, 1.82) is 0 Å². The highest BCUT2D eigenvalue weighted by Gasteiger charge is 2.38. The summed E-state index contributed by atoms with van der Waals surface area (Å²) in [6.45, 7) is 5.22. The molecule has 0 aliphatic carbocycles. The summed E-state index contributed by atoms with van der Waals surface area (Å²) in [6.07, 6.45) is -4.59. The Morgan fingerprint density at radius 3 is 2.17 bits per heavy atom. The van der Waals surface area contributed by atoms with Gasteiger partial charge in [0.05, 0.1) is 0 Å². The van der Waals surface area contributed by atoms with Crippen LogP contribution >= 0.6 is 0 Å². The van der Waals surface area contributed by atoms with Gasteiger partial charge in [0.25, 0.3) is 0 Å². The van der Waals surface area contributed by atoms with E-state index >= 15 is 0 Å². The normalized spacial score (nSPS) is 19.6. The van der Waals surface area contributed by atoms with Crippen LogP contribution in [0.3, 0.4) is 0 Å². The van der Waals surface area contributed by atoms with Crippen LogP contribution in [0.5, 0.6) is 0 Å². The van der Waals surface area contributed by atoms with Gasteiger partial charge in [-0.1, -0.05) is 0 Å². The van der Waals surface area contributed by atoms with Crippen molar-refractivity contribution in [1.82, 2.24) is 9.80 Å². The Bertz CT molecular complexity index is 300. The number of ether oxygens (including phenoxy) is 1. The number of rotatable bonds is 0. The first-order chi connectivity index (χ1) is 8.09. The summed E-state index contributed by atoms with van der Waals surface area (Å²) in [4.78, 5) is 13.5. The van der Waals surface area contributed by atoms with Crippen LogP contribution in [-0.2, 0) is 4.74 Å². The van der Waals surface area contributed by atoms with Gasteiger partial charge in [0, 0.05) is 26.2 Å². The third kappa shape index (κ3) is 4.72. The van der Waals surface area contributed by atoms with Crippen LogP contribution in [0.1, 0.15) is 27.2 Å². The average Bonchev–Trinajstić information content (AvgIpc) is 2.38. The van der Waals surface area contributed by atoms with Crippen LogP contribution in [0.15, 0.2) is 0 Å². The van der Waals surface area contributed by atoms with Crippen LogP contribution in [0.4, 0.5) is 18.0 Å². The molecule has 0 unspecified atom stereocenters. The number of nitrogens with zero attached hydrogens (tertiary/aromatic N) is 2. The van der Waals surface area contributed by atoms with Crippen molar-refractivity contribution in [2.24, 2.45) is 0 Å². The van der Waals surface area contributed by atoms with E-state index in [1.807, 2.05) is 0 Å². The van der Waals surface area contributed by atoms with Crippen molar-refractivity contribution in [3.8, 4) is 0 Å². The van der Waals surface area contributed by atoms with Gasteiger partial charge in [0.1, 0.15) is 5.60 Å². The summed E-state index contributed by atoms with van der Waals surface area (Å²) < 4.78 is 42.7. The number of hydrogen-bond donors (Lipinski definition) is 0. The van der Waals surface area contributed by atoms with Crippen molar-refractivity contribution >= 4 is 6.09 Å². The lowest BCUT2D eigenvalue weighted by Gasteiger charge is -2.26. The van der Waals surface area contributed by atoms with Gasteiger partial charge in [-0.2, -0.15) is 13.2 Å². The van der Waals surface area contributed by atoms with Crippen molar-refractivity contribution in [3.63, 3.8) is 0 Å². The highest BCUT2D eigenvalue weighted by molar-refractivity contribution is 5.68. The Morgan fingerprint density at radius 1 is 1.06 bits per heavy atom. The molecule has 0 N–H and O–H groups in total. The fourth-order valence-corrected chi connectivity index (χ4v) is 1.68. The van der Waals surface area contributed by atoms with E-state index < -0.39 is 18.0 Å². The van der Waals surface area contributed by atoms with Gasteiger partial charge in [-0.25, -0.2) is 9.69 Å². The fourth-order valence-electron chi connectivity index (χ4n) is 1.68. The van der Waals surface area contributed by atoms with Gasteiger partial charge in [-0.15, -0.1) is 0 Å². The molecule has 0 saturated carbocycles. The van der Waals surface area contributed by atoms with Gasteiger partial charge in [0.15, 0.2) is 0 Å². The smallest absolute Gasteiger partial charge is 0.444 e. The van der Waals surface area contributed by atoms with Gasteiger partial charge in [0.2, 0.25) is 0 Å². The van der Waals surface area contributed by atoms with Crippen LogP contribution in [0.25, 0.3) is 0 Å². The highest BCUT2D eigenvalue weighted by atomic mass is 19.4. The van der Waals surface area contributed by atoms with E-state index in [0.717, 1.165) is 0 Å². The minimum absolute atomic E-state index is 0.0361. The largest absolute Gasteiger partial charge is 0.459 e. The summed E-state index contributed by atoms with van der Waals surface area (Å²) in [6, 6.07) is 0. The molecule has 0 atom stereocenters. The molecular formula is C11H19F3N2O2. The zero-order valence-corrected chi connectivity index (χ0v) is 10.9. The van der Waals surface area contributed by atoms with E-state index in [-0.39, 0.29) is 19.6 Å². The maximum atomic E-state index is 12.5. The second-order valence-electron chi connectivity index (χ2n) is 5.28. The summed E-state index contributed by atoms with van der Waals surface area (Å²) in [5.41, 5.74) is -0.632. The molecule has 0 aromatic heterocycles. The number of hydrogen-bond acceptors (Lipinski definition) is 3. The summed E-state index contributed by atoms with van der Waals surface area (Å²) in [5, 5.41) is 0. The molecule has 0 bridgehead atoms. The molecule has 0 aromatic carbocycles. The maximum Gasteiger partial charge on any atom is 0.459 e. The second-order valence-corrected chi connectivity index (χ2v) is 5.28. The van der Waals surface area contributed by atoms with Crippen molar-refractivity contribution in [2.45, 2.75) is 39.1 Å². The third-order valence-corrected chi connectivity index (χ3v) is 2.51. The van der Waals surface area contributed by atoms with E-state index in [1.54, 1.807) is 20.8 Å². The SMILES string of the molecule is CC(C)(C)OC(=O)N1CCCN(C(F)(F)F)CC1. The molecule has 18 heavy (non-hydrogen) atoms. The number of amides is 1. The van der Waals surface area contributed by atoms with Gasteiger partial charge in [-0.05, 0) is 27.2 Å². The molecule has 4 nitrogen and oxygen atoms in total. The van der Waals surface area contributed by atoms with Crippen LogP contribution in [-0.4, -0.2) is 54.0 Å². The Morgan fingerprint density at radius 2 is 1.67 bits per heavy atom. The first-order valence-electron chi connectivity index (χ1n) is 5.89. The van der Waals surface area contributed by atoms with E-state index in [2.05, 4.69) is 0 Å². The number of alkyl halides is 3. The van der Waals surface area contributed by atoms with E-state index in [9.17, 15) is 18.0 Å². The predicted octanol–water partition coefficient (Wildman–Crippen LogP) is 2.45. The lowest BCUT2D eigenvalue weighted by atomic mass is 10.2. The molecule has 1 aliphatic rings. The van der Waals surface area contributed by atoms with Gasteiger partial charge < -0.3 is 9.64 Å². The number of carbonyl (C=O) groups is 1. The summed E-state index contributed by atoms with van der Waals surface area (Å²) >= 11 is 0. The Balaban J connectivity index is 2.54. The fraction of sp³-hybridized carbons (Fsp3) is 0.909. The van der Waals surface area contributed by atoms with E-state index in [0.29, 0.717) is 17.9 Å². The van der Waals surface area contributed by atoms with Crippen LogP contribution in [0, 0.1) is 0 Å². The minimum Gasteiger partial charge on any atom is -0.444 e. The zero-order valence-electron chi connectivity index (χ0n) is 10.9. The first kappa shape index (κ1) is 15.1. The third-order valence-electron chi connectivity index (χ3n) is 2.51. The minimum atomic E-state index is -4.33. The molecule has 0 radical (unpaired) electrons. The van der Waals surface area contributed by atoms with E-state index in [1.165, 1.54) is 4.90 Å². The first-order valence-corrected chi connectivity index (χ1v) is 5.89. The predicted molar refractivity (Wildman–Crippen MR) is 60.1 cm³/mol. The zero-order chi connectivity index (χ0) is 14.0. The van der Waals surface area contributed by atoms with Crippen LogP contribution < -0.4 is 0 Å². The molecular weight excluding hydrogens is 249 g/mol. The molecule has 1 saturated heterocycles. The van der Waals surface area contributed by atoms with Crippen molar-refractivity contribution in [2.75, 3.05) is 26.2 Å². The molecule has 1 rings (SSSR count). The standard InChI is InChI=1S/C11H19F3N2O2/c1-10(2,3)18-9(17)15-5-4-6-16(8-7-15)11(12,13)14/h4-8H2,1-3H3. The average molecular weight is 268 g/mol. The van der Waals surface area contributed by atoms with Gasteiger partial charge >= 0.3 is 12.4 Å². The van der Waals surface area contributed by atoms with Gasteiger partial charge in [-0.3, -0.25) is 0 Å². The van der Waals surface area contributed by atoms with E-state index in [4.69, 9.17) is 4.74 Å². The molecule has 1 heterocycles. The number of halogens is 3. The highest BCUT2D eigenvalue weighted by Crippen LogP contribution is 2.23. The molecule has 7 heteroatoms. The molecule has 106 valence electrons. The van der Waals surface area contributed by atoms with Crippen molar-refractivity contribution in [3.05, 3.63) is 0 Å². The number of carbonyl (C=O) groups excluding carboxylic acids is 1. The van der Waals surface area contributed by atoms with Crippen molar-refractivity contribution < 1.29 is 22.7 Å². The molecule has 1 aliphatic heterocycles. The summed E-state index contributed by atoms with van der Waals surface area (Å²) in [7, 11) is 0. The lowest BCUT2D eigenvalue weighted by molar-refractivity contribution is -0.244.